The Labute approximate surface area is 90.4 Å². The number of nitrogens with one attached hydrogen (secondary N) is 2. The number of rotatable bonds is 3. The number of hydrogen-bond acceptors (Lipinski definition) is 2. The second kappa shape index (κ2) is 4.82. The number of H-pyrrole nitrogens is 1. The van der Waals surface area contributed by atoms with Crippen molar-refractivity contribution in [2.24, 2.45) is 0 Å². The largest absolute Gasteiger partial charge is 0.356 e. The topological polar surface area (TPSA) is 68.7 Å². The molecule has 1 aromatic heterocycles. The molecule has 2 N–H and O–H groups in total. The fraction of sp³-hybridized carbons (Fsp3) is 0.333. The first-order valence-corrected chi connectivity index (χ1v) is 4.94. The van der Waals surface area contributed by atoms with Gasteiger partial charge in [-0.25, -0.2) is 0 Å². The smallest absolute Gasteiger partial charge is 0.267 e. The van der Waals surface area contributed by atoms with Crippen LogP contribution in [0.15, 0.2) is 16.7 Å². The van der Waals surface area contributed by atoms with Gasteiger partial charge in [-0.05, 0) is 28.9 Å². The van der Waals surface area contributed by atoms with E-state index < -0.39 is 0 Å². The lowest BCUT2D eigenvalue weighted by atomic mass is 10.2. The molecule has 1 aromatic rings. The maximum atomic E-state index is 11.5. The average Bonchev–Trinajstić information content (AvgIpc) is 2.52. The third-order valence-corrected chi connectivity index (χ3v) is 2.13. The number of amides is 1. The van der Waals surface area contributed by atoms with Crippen molar-refractivity contribution in [3.05, 3.63) is 22.4 Å². The predicted octanol–water partition coefficient (Wildman–Crippen LogP) is 1.81. The van der Waals surface area contributed by atoms with E-state index >= 15 is 0 Å². The quantitative estimate of drug-likeness (QED) is 0.865. The third-order valence-electron chi connectivity index (χ3n) is 1.67. The summed E-state index contributed by atoms with van der Waals surface area (Å²) in [5, 5.41) is 11.1. The van der Waals surface area contributed by atoms with E-state index in [4.69, 9.17) is 5.26 Å². The highest BCUT2D eigenvalue weighted by molar-refractivity contribution is 9.10. The molecule has 14 heavy (non-hydrogen) atoms. The molecule has 74 valence electrons. The zero-order valence-electron chi connectivity index (χ0n) is 7.67. The highest BCUT2D eigenvalue weighted by atomic mass is 79.9. The molecule has 0 radical (unpaired) electrons. The van der Waals surface area contributed by atoms with Crippen LogP contribution in [0.4, 0.5) is 0 Å². The summed E-state index contributed by atoms with van der Waals surface area (Å²) in [5.74, 6) is -0.196. The third kappa shape index (κ3) is 2.89. The zero-order chi connectivity index (χ0) is 10.6. The predicted molar refractivity (Wildman–Crippen MR) is 55.7 cm³/mol. The minimum Gasteiger partial charge on any atom is -0.356 e. The number of halogens is 1. The maximum Gasteiger partial charge on any atom is 0.267 e. The van der Waals surface area contributed by atoms with E-state index in [9.17, 15) is 4.79 Å². The molecule has 1 heterocycles. The minimum atomic E-state index is -0.196. The molecule has 0 aliphatic heterocycles. The van der Waals surface area contributed by atoms with Crippen LogP contribution in [0, 0.1) is 11.3 Å². The number of aromatic amines is 1. The number of carbonyl (C=O) groups is 1. The summed E-state index contributed by atoms with van der Waals surface area (Å²) in [6.07, 6.45) is 2.00. The van der Waals surface area contributed by atoms with Crippen molar-refractivity contribution >= 4 is 21.8 Å². The van der Waals surface area contributed by atoms with E-state index in [0.717, 1.165) is 4.47 Å². The lowest BCUT2D eigenvalue weighted by Crippen LogP contribution is -2.32. The first-order valence-electron chi connectivity index (χ1n) is 4.15. The van der Waals surface area contributed by atoms with Crippen molar-refractivity contribution in [2.75, 3.05) is 0 Å². The van der Waals surface area contributed by atoms with E-state index in [1.54, 1.807) is 19.2 Å². The molecule has 0 bridgehead atoms. The summed E-state index contributed by atoms with van der Waals surface area (Å²) in [6, 6.07) is 3.55. The lowest BCUT2D eigenvalue weighted by molar-refractivity contribution is 0.0936. The van der Waals surface area contributed by atoms with Crippen LogP contribution in [0.2, 0.25) is 0 Å². The normalized spacial score (nSPS) is 11.8. The number of hydrogen-bond donors (Lipinski definition) is 2. The van der Waals surface area contributed by atoms with Crippen LogP contribution in [-0.4, -0.2) is 16.9 Å². The van der Waals surface area contributed by atoms with Crippen molar-refractivity contribution in [1.82, 2.24) is 10.3 Å². The van der Waals surface area contributed by atoms with E-state index in [-0.39, 0.29) is 11.9 Å². The van der Waals surface area contributed by atoms with Crippen LogP contribution >= 0.6 is 15.9 Å². The van der Waals surface area contributed by atoms with Gasteiger partial charge in [0, 0.05) is 16.7 Å². The van der Waals surface area contributed by atoms with Crippen LogP contribution in [0.1, 0.15) is 23.8 Å². The fourth-order valence-corrected chi connectivity index (χ4v) is 1.33. The van der Waals surface area contributed by atoms with Crippen molar-refractivity contribution < 1.29 is 4.79 Å². The van der Waals surface area contributed by atoms with Crippen LogP contribution in [0.3, 0.4) is 0 Å². The molecule has 0 fully saturated rings. The number of nitrogens with zero attached hydrogens (tertiary/aromatic N) is 1. The van der Waals surface area contributed by atoms with Gasteiger partial charge >= 0.3 is 0 Å². The van der Waals surface area contributed by atoms with E-state index in [0.29, 0.717) is 12.1 Å². The Morgan fingerprint density at radius 1 is 1.86 bits per heavy atom. The Morgan fingerprint density at radius 2 is 2.57 bits per heavy atom. The van der Waals surface area contributed by atoms with Crippen LogP contribution < -0.4 is 5.32 Å². The lowest BCUT2D eigenvalue weighted by Gasteiger charge is -2.08. The molecule has 0 aliphatic carbocycles. The van der Waals surface area contributed by atoms with Crippen molar-refractivity contribution in [3.8, 4) is 6.07 Å². The Balaban J connectivity index is 2.55. The SMILES string of the molecule is CC(CC#N)NC(=O)c1cc(Br)c[nH]1. The van der Waals surface area contributed by atoms with Gasteiger partial charge in [-0.2, -0.15) is 5.26 Å². The Bertz CT molecular complexity index is 366. The summed E-state index contributed by atoms with van der Waals surface area (Å²) in [5.41, 5.74) is 0.488. The van der Waals surface area contributed by atoms with E-state index in [1.165, 1.54) is 0 Å². The number of aromatic nitrogens is 1. The molecule has 0 saturated heterocycles. The Kier molecular flexibility index (Phi) is 3.72. The van der Waals surface area contributed by atoms with E-state index in [2.05, 4.69) is 26.2 Å². The molecular weight excluding hydrogens is 246 g/mol. The van der Waals surface area contributed by atoms with Crippen molar-refractivity contribution in [2.45, 2.75) is 19.4 Å². The molecule has 1 rings (SSSR count). The number of nitriles is 1. The molecule has 0 aromatic carbocycles. The maximum absolute atomic E-state index is 11.5. The summed E-state index contributed by atoms with van der Waals surface area (Å²) in [6.45, 7) is 1.79. The van der Waals surface area contributed by atoms with Crippen molar-refractivity contribution in [1.29, 1.82) is 5.26 Å². The van der Waals surface area contributed by atoms with Gasteiger partial charge in [0.05, 0.1) is 12.5 Å². The second-order valence-electron chi connectivity index (χ2n) is 2.97. The Hall–Kier alpha value is -1.28. The van der Waals surface area contributed by atoms with Gasteiger partial charge in [-0.1, -0.05) is 0 Å². The molecule has 0 saturated carbocycles. The van der Waals surface area contributed by atoms with Gasteiger partial charge in [0.1, 0.15) is 5.69 Å². The zero-order valence-corrected chi connectivity index (χ0v) is 9.26. The van der Waals surface area contributed by atoms with Crippen LogP contribution in [0.5, 0.6) is 0 Å². The van der Waals surface area contributed by atoms with Gasteiger partial charge in [-0.3, -0.25) is 4.79 Å². The average molecular weight is 256 g/mol. The molecular formula is C9H10BrN3O. The molecule has 5 heteroatoms. The highest BCUT2D eigenvalue weighted by Gasteiger charge is 2.10. The van der Waals surface area contributed by atoms with Crippen molar-refractivity contribution in [3.63, 3.8) is 0 Å². The molecule has 1 amide bonds. The highest BCUT2D eigenvalue weighted by Crippen LogP contribution is 2.10. The first kappa shape index (κ1) is 10.8. The molecule has 0 aliphatic rings. The fourth-order valence-electron chi connectivity index (χ4n) is 0.989. The molecule has 4 nitrogen and oxygen atoms in total. The van der Waals surface area contributed by atoms with E-state index in [1.807, 2.05) is 6.07 Å². The first-order chi connectivity index (χ1) is 6.63. The van der Waals surface area contributed by atoms with Gasteiger partial charge < -0.3 is 10.3 Å². The molecule has 0 spiro atoms. The number of carbonyl (C=O) groups excluding carboxylic acids is 1. The summed E-state index contributed by atoms with van der Waals surface area (Å²) in [4.78, 5) is 14.3. The second-order valence-corrected chi connectivity index (χ2v) is 3.88. The van der Waals surface area contributed by atoms with Crippen LogP contribution in [0.25, 0.3) is 0 Å². The Morgan fingerprint density at radius 3 is 3.07 bits per heavy atom. The van der Waals surface area contributed by atoms with Crippen LogP contribution in [-0.2, 0) is 0 Å². The summed E-state index contributed by atoms with van der Waals surface area (Å²) >= 11 is 3.23. The standard InChI is InChI=1S/C9H10BrN3O/c1-6(2-3-11)13-9(14)8-4-7(10)5-12-8/h4-6,12H,2H2,1H3,(H,13,14). The van der Waals surface area contributed by atoms with Gasteiger partial charge in [0.2, 0.25) is 0 Å². The monoisotopic (exact) mass is 255 g/mol. The van der Waals surface area contributed by atoms with Gasteiger partial charge in [0.15, 0.2) is 0 Å². The molecule has 1 unspecified atom stereocenters. The summed E-state index contributed by atoms with van der Waals surface area (Å²) < 4.78 is 0.829. The molecule has 1 atom stereocenters. The minimum absolute atomic E-state index is 0.130. The van der Waals surface area contributed by atoms with Gasteiger partial charge in [-0.15, -0.1) is 0 Å². The van der Waals surface area contributed by atoms with Gasteiger partial charge in [0.25, 0.3) is 5.91 Å². The summed E-state index contributed by atoms with van der Waals surface area (Å²) in [7, 11) is 0.